The van der Waals surface area contributed by atoms with Crippen molar-refractivity contribution in [2.45, 2.75) is 38.6 Å². The third-order valence-electron chi connectivity index (χ3n) is 4.68. The Kier molecular flexibility index (Phi) is 7.75. The molecule has 8 heteroatoms. The molecule has 0 unspecified atom stereocenters. The maximum absolute atomic E-state index is 13.0. The van der Waals surface area contributed by atoms with Gasteiger partial charge in [-0.15, -0.1) is 0 Å². The van der Waals surface area contributed by atoms with Crippen molar-refractivity contribution in [1.82, 2.24) is 10.2 Å². The number of hydrogen-bond acceptors (Lipinski definition) is 4. The minimum absolute atomic E-state index is 0.0325. The molecule has 0 bridgehead atoms. The molecule has 2 rings (SSSR count). The van der Waals surface area contributed by atoms with Crippen LogP contribution in [0.25, 0.3) is 0 Å². The van der Waals surface area contributed by atoms with Crippen molar-refractivity contribution in [3.63, 3.8) is 0 Å². The van der Waals surface area contributed by atoms with Crippen molar-refractivity contribution in [2.75, 3.05) is 24.4 Å². The number of rotatable bonds is 9. The second-order valence-corrected chi connectivity index (χ2v) is 8.75. The summed E-state index contributed by atoms with van der Waals surface area (Å²) in [6, 6.07) is 9.79. The lowest BCUT2D eigenvalue weighted by Crippen LogP contribution is -2.38. The number of halogens is 1. The standard InChI is InChI=1S/C21H28FN3O3S/c1-5-25(15(2)3)13-12-23-21(26)20-14-19(11-6-16(20)4)29(27,28)24-18-9-7-17(22)8-10-18/h6-11,14-15,24H,5,12-13H2,1-4H3,(H,23,26). The van der Waals surface area contributed by atoms with Gasteiger partial charge in [0.2, 0.25) is 0 Å². The summed E-state index contributed by atoms with van der Waals surface area (Å²) >= 11 is 0. The molecule has 0 atom stereocenters. The van der Waals surface area contributed by atoms with Gasteiger partial charge < -0.3 is 5.32 Å². The predicted octanol–water partition coefficient (Wildman–Crippen LogP) is 3.40. The number of nitrogens with one attached hydrogen (secondary N) is 2. The van der Waals surface area contributed by atoms with E-state index in [0.717, 1.165) is 6.54 Å². The van der Waals surface area contributed by atoms with Crippen LogP contribution < -0.4 is 10.0 Å². The van der Waals surface area contributed by atoms with E-state index in [0.29, 0.717) is 30.3 Å². The fourth-order valence-corrected chi connectivity index (χ4v) is 4.02. The molecular formula is C21H28FN3O3S. The predicted molar refractivity (Wildman–Crippen MR) is 113 cm³/mol. The van der Waals surface area contributed by atoms with Gasteiger partial charge in [0.1, 0.15) is 5.82 Å². The minimum Gasteiger partial charge on any atom is -0.351 e. The molecule has 0 saturated heterocycles. The second-order valence-electron chi connectivity index (χ2n) is 7.07. The summed E-state index contributed by atoms with van der Waals surface area (Å²) in [6.45, 7) is 10.1. The molecule has 0 saturated carbocycles. The zero-order valence-electron chi connectivity index (χ0n) is 17.2. The normalized spacial score (nSPS) is 11.7. The first-order chi connectivity index (χ1) is 13.6. The number of aryl methyl sites for hydroxylation is 1. The molecule has 0 radical (unpaired) electrons. The van der Waals surface area contributed by atoms with Crippen LogP contribution in [0.3, 0.4) is 0 Å². The Hall–Kier alpha value is -2.45. The molecule has 29 heavy (non-hydrogen) atoms. The SMILES string of the molecule is CCN(CCNC(=O)c1cc(S(=O)(=O)Nc2ccc(F)cc2)ccc1C)C(C)C. The summed E-state index contributed by atoms with van der Waals surface area (Å²) in [7, 11) is -3.91. The van der Waals surface area contributed by atoms with Crippen molar-refractivity contribution in [2.24, 2.45) is 0 Å². The first-order valence-electron chi connectivity index (χ1n) is 9.55. The largest absolute Gasteiger partial charge is 0.351 e. The van der Waals surface area contributed by atoms with E-state index in [1.54, 1.807) is 13.0 Å². The highest BCUT2D eigenvalue weighted by Gasteiger charge is 2.18. The maximum Gasteiger partial charge on any atom is 0.261 e. The van der Waals surface area contributed by atoms with Crippen LogP contribution in [0.5, 0.6) is 0 Å². The lowest BCUT2D eigenvalue weighted by molar-refractivity contribution is 0.0945. The van der Waals surface area contributed by atoms with Gasteiger partial charge in [-0.2, -0.15) is 0 Å². The summed E-state index contributed by atoms with van der Waals surface area (Å²) in [6.07, 6.45) is 0. The van der Waals surface area contributed by atoms with Crippen LogP contribution in [0.15, 0.2) is 47.4 Å². The lowest BCUT2D eigenvalue weighted by Gasteiger charge is -2.24. The summed E-state index contributed by atoms with van der Waals surface area (Å²) in [4.78, 5) is 14.8. The quantitative estimate of drug-likeness (QED) is 0.651. The Morgan fingerprint density at radius 3 is 2.38 bits per heavy atom. The zero-order chi connectivity index (χ0) is 21.6. The van der Waals surface area contributed by atoms with Gasteiger partial charge in [0, 0.05) is 30.4 Å². The Morgan fingerprint density at radius 1 is 1.14 bits per heavy atom. The molecule has 0 aliphatic rings. The number of anilines is 1. The van der Waals surface area contributed by atoms with Crippen LogP contribution in [0, 0.1) is 12.7 Å². The van der Waals surface area contributed by atoms with Gasteiger partial charge in [0.05, 0.1) is 4.90 Å². The lowest BCUT2D eigenvalue weighted by atomic mass is 10.1. The van der Waals surface area contributed by atoms with E-state index >= 15 is 0 Å². The number of amides is 1. The Balaban J connectivity index is 2.13. The first-order valence-corrected chi connectivity index (χ1v) is 11.0. The Labute approximate surface area is 172 Å². The third-order valence-corrected chi connectivity index (χ3v) is 6.06. The number of sulfonamides is 1. The molecule has 0 aromatic heterocycles. The van der Waals surface area contributed by atoms with Gasteiger partial charge in [0.15, 0.2) is 0 Å². The van der Waals surface area contributed by atoms with Crippen LogP contribution in [-0.4, -0.2) is 44.9 Å². The molecule has 1 amide bonds. The highest BCUT2D eigenvalue weighted by atomic mass is 32.2. The molecule has 158 valence electrons. The summed E-state index contributed by atoms with van der Waals surface area (Å²) in [5.74, 6) is -0.775. The van der Waals surface area contributed by atoms with Gasteiger partial charge in [0.25, 0.3) is 15.9 Å². The zero-order valence-corrected chi connectivity index (χ0v) is 18.0. The third kappa shape index (κ3) is 6.27. The molecule has 2 aromatic rings. The number of carbonyl (C=O) groups excluding carboxylic acids is 1. The van der Waals surface area contributed by atoms with Crippen LogP contribution in [0.1, 0.15) is 36.7 Å². The molecule has 0 aliphatic carbocycles. The van der Waals surface area contributed by atoms with Gasteiger partial charge in [-0.3, -0.25) is 14.4 Å². The highest BCUT2D eigenvalue weighted by Crippen LogP contribution is 2.19. The van der Waals surface area contributed by atoms with Crippen molar-refractivity contribution < 1.29 is 17.6 Å². The molecule has 0 aliphatic heterocycles. The van der Waals surface area contributed by atoms with Crippen molar-refractivity contribution in [1.29, 1.82) is 0 Å². The fourth-order valence-electron chi connectivity index (χ4n) is 2.93. The van der Waals surface area contributed by atoms with Crippen LogP contribution >= 0.6 is 0 Å². The Morgan fingerprint density at radius 2 is 1.79 bits per heavy atom. The van der Waals surface area contributed by atoms with Gasteiger partial charge >= 0.3 is 0 Å². The van der Waals surface area contributed by atoms with E-state index in [1.807, 2.05) is 0 Å². The Bertz CT molecular complexity index is 944. The average molecular weight is 422 g/mol. The number of likely N-dealkylation sites (N-methyl/N-ethyl adjacent to an activating group) is 1. The van der Waals surface area contributed by atoms with E-state index in [-0.39, 0.29) is 16.5 Å². The molecule has 0 fully saturated rings. The fraction of sp³-hybridized carbons (Fsp3) is 0.381. The summed E-state index contributed by atoms with van der Waals surface area (Å²) in [5, 5.41) is 2.86. The summed E-state index contributed by atoms with van der Waals surface area (Å²) < 4.78 is 40.7. The monoisotopic (exact) mass is 421 g/mol. The van der Waals surface area contributed by atoms with Gasteiger partial charge in [-0.25, -0.2) is 12.8 Å². The number of carbonyl (C=O) groups is 1. The van der Waals surface area contributed by atoms with Crippen molar-refractivity contribution in [3.8, 4) is 0 Å². The van der Waals surface area contributed by atoms with Gasteiger partial charge in [-0.1, -0.05) is 13.0 Å². The number of nitrogens with zero attached hydrogens (tertiary/aromatic N) is 1. The topological polar surface area (TPSA) is 78.5 Å². The first kappa shape index (κ1) is 22.8. The highest BCUT2D eigenvalue weighted by molar-refractivity contribution is 7.92. The van der Waals surface area contributed by atoms with Crippen molar-refractivity contribution in [3.05, 3.63) is 59.4 Å². The van der Waals surface area contributed by atoms with E-state index < -0.39 is 15.8 Å². The van der Waals surface area contributed by atoms with E-state index in [9.17, 15) is 17.6 Å². The van der Waals surface area contributed by atoms with Crippen LogP contribution in [0.4, 0.5) is 10.1 Å². The molecule has 2 N–H and O–H groups in total. The van der Waals surface area contributed by atoms with Gasteiger partial charge in [-0.05, 0) is 69.3 Å². The molecule has 2 aromatic carbocycles. The average Bonchev–Trinajstić information content (AvgIpc) is 2.66. The van der Waals surface area contributed by atoms with Crippen molar-refractivity contribution >= 4 is 21.6 Å². The van der Waals surface area contributed by atoms with E-state index in [4.69, 9.17) is 0 Å². The number of hydrogen-bond donors (Lipinski definition) is 2. The molecular weight excluding hydrogens is 393 g/mol. The molecule has 0 heterocycles. The smallest absolute Gasteiger partial charge is 0.261 e. The summed E-state index contributed by atoms with van der Waals surface area (Å²) in [5.41, 5.74) is 1.23. The maximum atomic E-state index is 13.0. The van der Waals surface area contributed by atoms with Crippen LogP contribution in [-0.2, 0) is 10.0 Å². The molecule has 6 nitrogen and oxygen atoms in total. The van der Waals surface area contributed by atoms with E-state index in [2.05, 4.69) is 35.7 Å². The van der Waals surface area contributed by atoms with Crippen LogP contribution in [0.2, 0.25) is 0 Å². The van der Waals surface area contributed by atoms with E-state index in [1.165, 1.54) is 36.4 Å². The minimum atomic E-state index is -3.91. The molecule has 0 spiro atoms. The number of benzene rings is 2. The second kappa shape index (κ2) is 9.84.